The van der Waals surface area contributed by atoms with Gasteiger partial charge in [0, 0.05) is 11.4 Å². The highest BCUT2D eigenvalue weighted by atomic mass is 19.1. The molecule has 0 unspecified atom stereocenters. The van der Waals surface area contributed by atoms with Crippen LogP contribution in [0.2, 0.25) is 0 Å². The van der Waals surface area contributed by atoms with E-state index in [1.807, 2.05) is 18.2 Å². The molecular formula is C21H26FN3O2. The predicted molar refractivity (Wildman–Crippen MR) is 107 cm³/mol. The number of hydrogen-bond acceptors (Lipinski definition) is 2. The second kappa shape index (κ2) is 9.16. The van der Waals surface area contributed by atoms with Crippen molar-refractivity contribution in [3.63, 3.8) is 0 Å². The van der Waals surface area contributed by atoms with Crippen molar-refractivity contribution in [3.05, 3.63) is 59.4 Å². The van der Waals surface area contributed by atoms with E-state index in [-0.39, 0.29) is 24.2 Å². The normalized spacial score (nSPS) is 10.8. The molecule has 0 aliphatic carbocycles. The molecule has 0 atom stereocenters. The Bertz CT molecular complexity index is 775. The summed E-state index contributed by atoms with van der Waals surface area (Å²) in [7, 11) is 0. The minimum absolute atomic E-state index is 0.190. The van der Waals surface area contributed by atoms with Gasteiger partial charge in [0.15, 0.2) is 0 Å². The van der Waals surface area contributed by atoms with Crippen LogP contribution in [0.3, 0.4) is 0 Å². The summed E-state index contributed by atoms with van der Waals surface area (Å²) >= 11 is 0. The molecular weight excluding hydrogens is 345 g/mol. The van der Waals surface area contributed by atoms with E-state index < -0.39 is 11.9 Å². The van der Waals surface area contributed by atoms with Crippen LogP contribution in [0.15, 0.2) is 42.5 Å². The van der Waals surface area contributed by atoms with E-state index in [0.29, 0.717) is 5.69 Å². The van der Waals surface area contributed by atoms with Gasteiger partial charge in [0.2, 0.25) is 5.91 Å². The van der Waals surface area contributed by atoms with E-state index in [0.717, 1.165) is 16.8 Å². The lowest BCUT2D eigenvalue weighted by atomic mass is 9.93. The molecule has 2 aromatic carbocycles. The van der Waals surface area contributed by atoms with Gasteiger partial charge in [-0.05, 0) is 47.2 Å². The van der Waals surface area contributed by atoms with E-state index >= 15 is 0 Å². The van der Waals surface area contributed by atoms with E-state index in [2.05, 4.69) is 43.6 Å². The van der Waals surface area contributed by atoms with Gasteiger partial charge in [-0.15, -0.1) is 0 Å². The Hall–Kier alpha value is -2.89. The van der Waals surface area contributed by atoms with Crippen molar-refractivity contribution < 1.29 is 14.0 Å². The summed E-state index contributed by atoms with van der Waals surface area (Å²) < 4.78 is 12.9. The summed E-state index contributed by atoms with van der Waals surface area (Å²) in [5.74, 6) is -0.269. The highest BCUT2D eigenvalue weighted by Crippen LogP contribution is 2.32. The van der Waals surface area contributed by atoms with Crippen LogP contribution >= 0.6 is 0 Å². The average molecular weight is 371 g/mol. The Morgan fingerprint density at radius 2 is 1.44 bits per heavy atom. The first-order valence-corrected chi connectivity index (χ1v) is 9.01. The van der Waals surface area contributed by atoms with Gasteiger partial charge in [-0.3, -0.25) is 4.79 Å². The van der Waals surface area contributed by atoms with Crippen LogP contribution in [0, 0.1) is 5.82 Å². The van der Waals surface area contributed by atoms with Gasteiger partial charge in [0.05, 0.1) is 6.54 Å². The molecule has 0 aliphatic heterocycles. The Labute approximate surface area is 159 Å². The molecule has 0 aromatic heterocycles. The lowest BCUT2D eigenvalue weighted by Crippen LogP contribution is -2.36. The van der Waals surface area contributed by atoms with Gasteiger partial charge in [-0.25, -0.2) is 9.18 Å². The van der Waals surface area contributed by atoms with E-state index in [9.17, 15) is 14.0 Å². The molecule has 0 heterocycles. The lowest BCUT2D eigenvalue weighted by molar-refractivity contribution is -0.115. The third kappa shape index (κ3) is 5.81. The van der Waals surface area contributed by atoms with E-state index in [4.69, 9.17) is 0 Å². The SMILES string of the molecule is CC(C)c1cccc(C(C)C)c1NC(=O)NCC(=O)Nc1ccc(F)cc1. The van der Waals surface area contributed by atoms with Crippen LogP contribution in [0.4, 0.5) is 20.6 Å². The molecule has 5 nitrogen and oxygen atoms in total. The maximum absolute atomic E-state index is 12.9. The highest BCUT2D eigenvalue weighted by Gasteiger charge is 2.16. The van der Waals surface area contributed by atoms with Crippen molar-refractivity contribution in [2.45, 2.75) is 39.5 Å². The lowest BCUT2D eigenvalue weighted by Gasteiger charge is -2.20. The van der Waals surface area contributed by atoms with Crippen LogP contribution in [-0.2, 0) is 4.79 Å². The standard InChI is InChI=1S/C21H26FN3O2/c1-13(2)17-6-5-7-18(14(3)4)20(17)25-21(27)23-12-19(26)24-16-10-8-15(22)9-11-16/h5-11,13-14H,12H2,1-4H3,(H,24,26)(H2,23,25,27). The molecule has 2 aromatic rings. The first-order chi connectivity index (χ1) is 12.8. The molecule has 2 rings (SSSR count). The summed E-state index contributed by atoms with van der Waals surface area (Å²) in [6.07, 6.45) is 0. The minimum atomic E-state index is -0.445. The van der Waals surface area contributed by atoms with Crippen molar-refractivity contribution >= 4 is 23.3 Å². The number of para-hydroxylation sites is 1. The fourth-order valence-corrected chi connectivity index (χ4v) is 2.75. The number of halogens is 1. The third-order valence-corrected chi connectivity index (χ3v) is 4.15. The van der Waals surface area contributed by atoms with Crippen LogP contribution < -0.4 is 16.0 Å². The second-order valence-corrected chi connectivity index (χ2v) is 6.98. The largest absolute Gasteiger partial charge is 0.329 e. The second-order valence-electron chi connectivity index (χ2n) is 6.98. The topological polar surface area (TPSA) is 70.2 Å². The summed E-state index contributed by atoms with van der Waals surface area (Å²) in [5.41, 5.74) is 3.36. The molecule has 0 aliphatic rings. The molecule has 144 valence electrons. The molecule has 0 bridgehead atoms. The molecule has 3 N–H and O–H groups in total. The maximum atomic E-state index is 12.9. The van der Waals surface area contributed by atoms with Crippen LogP contribution in [0.25, 0.3) is 0 Å². The quantitative estimate of drug-likeness (QED) is 0.680. The molecule has 27 heavy (non-hydrogen) atoms. The summed E-state index contributed by atoms with van der Waals surface area (Å²) in [6.45, 7) is 8.08. The zero-order chi connectivity index (χ0) is 20.0. The Morgan fingerprint density at radius 3 is 1.96 bits per heavy atom. The number of carbonyl (C=O) groups is 2. The van der Waals surface area contributed by atoms with Crippen LogP contribution in [0.1, 0.15) is 50.7 Å². The average Bonchev–Trinajstić information content (AvgIpc) is 2.61. The number of anilines is 2. The Kier molecular flexibility index (Phi) is 6.93. The fraction of sp³-hybridized carbons (Fsp3) is 0.333. The number of amides is 3. The van der Waals surface area contributed by atoms with Gasteiger partial charge in [-0.2, -0.15) is 0 Å². The highest BCUT2D eigenvalue weighted by molar-refractivity contribution is 5.97. The first-order valence-electron chi connectivity index (χ1n) is 9.01. The predicted octanol–water partition coefficient (Wildman–Crippen LogP) is 4.83. The first kappa shape index (κ1) is 20.4. The Balaban J connectivity index is 1.99. The Morgan fingerprint density at radius 1 is 0.889 bits per heavy atom. The molecule has 6 heteroatoms. The number of carbonyl (C=O) groups excluding carboxylic acids is 2. The number of nitrogens with one attached hydrogen (secondary N) is 3. The number of urea groups is 1. The van der Waals surface area contributed by atoms with Crippen LogP contribution in [0.5, 0.6) is 0 Å². The van der Waals surface area contributed by atoms with Gasteiger partial charge < -0.3 is 16.0 Å². The van der Waals surface area contributed by atoms with E-state index in [1.165, 1.54) is 24.3 Å². The monoisotopic (exact) mass is 371 g/mol. The molecule has 0 saturated carbocycles. The molecule has 0 saturated heterocycles. The van der Waals surface area contributed by atoms with Crippen molar-refractivity contribution in [1.82, 2.24) is 5.32 Å². The molecule has 3 amide bonds. The number of benzene rings is 2. The van der Waals surface area contributed by atoms with Crippen molar-refractivity contribution in [1.29, 1.82) is 0 Å². The number of hydrogen-bond donors (Lipinski definition) is 3. The summed E-state index contributed by atoms with van der Waals surface area (Å²) in [5, 5.41) is 8.05. The van der Waals surface area contributed by atoms with E-state index in [1.54, 1.807) is 0 Å². The zero-order valence-electron chi connectivity index (χ0n) is 16.1. The molecule has 0 spiro atoms. The van der Waals surface area contributed by atoms with Crippen molar-refractivity contribution in [3.8, 4) is 0 Å². The minimum Gasteiger partial charge on any atom is -0.329 e. The van der Waals surface area contributed by atoms with Gasteiger partial charge in [-0.1, -0.05) is 45.9 Å². The number of rotatable bonds is 6. The third-order valence-electron chi connectivity index (χ3n) is 4.15. The van der Waals surface area contributed by atoms with Crippen LogP contribution in [-0.4, -0.2) is 18.5 Å². The van der Waals surface area contributed by atoms with Gasteiger partial charge in [0.25, 0.3) is 0 Å². The van der Waals surface area contributed by atoms with Gasteiger partial charge in [0.1, 0.15) is 5.82 Å². The molecule has 0 fully saturated rings. The van der Waals surface area contributed by atoms with Crippen molar-refractivity contribution in [2.75, 3.05) is 17.2 Å². The summed E-state index contributed by atoms with van der Waals surface area (Å²) in [4.78, 5) is 24.3. The fourth-order valence-electron chi connectivity index (χ4n) is 2.75. The maximum Gasteiger partial charge on any atom is 0.319 e. The van der Waals surface area contributed by atoms with Crippen molar-refractivity contribution in [2.24, 2.45) is 0 Å². The summed E-state index contributed by atoms with van der Waals surface area (Å²) in [6, 6.07) is 11.0. The smallest absolute Gasteiger partial charge is 0.319 e. The van der Waals surface area contributed by atoms with Gasteiger partial charge >= 0.3 is 6.03 Å². The zero-order valence-corrected chi connectivity index (χ0v) is 16.1. The molecule has 0 radical (unpaired) electrons.